The predicted octanol–water partition coefficient (Wildman–Crippen LogP) is 3.61. The zero-order chi connectivity index (χ0) is 22.7. The van der Waals surface area contributed by atoms with Crippen LogP contribution in [0.15, 0.2) is 70.5 Å². The molecule has 0 spiro atoms. The van der Waals surface area contributed by atoms with Gasteiger partial charge in [0.05, 0.1) is 18.6 Å². The molecule has 0 aliphatic carbocycles. The fourth-order valence-electron chi connectivity index (χ4n) is 3.56. The minimum Gasteiger partial charge on any atom is -0.492 e. The predicted molar refractivity (Wildman–Crippen MR) is 121 cm³/mol. The molecule has 2 aromatic carbocycles. The number of para-hydroxylation sites is 1. The highest BCUT2D eigenvalue weighted by Gasteiger charge is 2.19. The number of halogens is 1. The highest BCUT2D eigenvalue weighted by molar-refractivity contribution is 5.72. The Kier molecular flexibility index (Phi) is 6.20. The molecule has 0 atom stereocenters. The Bertz CT molecular complexity index is 1340. The summed E-state index contributed by atoms with van der Waals surface area (Å²) < 4.78 is 23.9. The van der Waals surface area contributed by atoms with Crippen LogP contribution in [0.4, 0.5) is 4.39 Å². The van der Waals surface area contributed by atoms with Gasteiger partial charge in [0.15, 0.2) is 11.2 Å². The van der Waals surface area contributed by atoms with Crippen molar-refractivity contribution in [3.63, 3.8) is 0 Å². The van der Waals surface area contributed by atoms with Crippen molar-refractivity contribution in [2.24, 2.45) is 5.92 Å². The molecule has 0 amide bonds. The van der Waals surface area contributed by atoms with E-state index in [-0.39, 0.29) is 17.7 Å². The van der Waals surface area contributed by atoms with Crippen LogP contribution >= 0.6 is 0 Å². The summed E-state index contributed by atoms with van der Waals surface area (Å²) >= 11 is 0. The largest absolute Gasteiger partial charge is 0.492 e. The summed E-state index contributed by atoms with van der Waals surface area (Å²) in [5.74, 6) is 0.560. The first-order chi connectivity index (χ1) is 15.5. The number of benzene rings is 2. The first-order valence-corrected chi connectivity index (χ1v) is 10.6. The Labute approximate surface area is 184 Å². The lowest BCUT2D eigenvalue weighted by molar-refractivity contribution is 0.300. The van der Waals surface area contributed by atoms with Crippen LogP contribution in [-0.2, 0) is 13.1 Å². The van der Waals surface area contributed by atoms with Gasteiger partial charge < -0.3 is 9.30 Å². The molecule has 2 heterocycles. The van der Waals surface area contributed by atoms with Crippen molar-refractivity contribution < 1.29 is 9.13 Å². The molecule has 4 rings (SSSR count). The van der Waals surface area contributed by atoms with E-state index in [9.17, 15) is 14.0 Å². The van der Waals surface area contributed by atoms with E-state index >= 15 is 0 Å². The fourth-order valence-corrected chi connectivity index (χ4v) is 3.56. The van der Waals surface area contributed by atoms with Crippen molar-refractivity contribution >= 4 is 11.2 Å². The Morgan fingerprint density at radius 3 is 2.53 bits per heavy atom. The van der Waals surface area contributed by atoms with Gasteiger partial charge in [-0.15, -0.1) is 0 Å². The van der Waals surface area contributed by atoms with Crippen LogP contribution in [0.2, 0.25) is 0 Å². The lowest BCUT2D eigenvalue weighted by atomic mass is 10.1. The van der Waals surface area contributed by atoms with E-state index in [1.165, 1.54) is 33.7 Å². The second-order valence-electron chi connectivity index (χ2n) is 8.01. The molecule has 4 aromatic rings. The summed E-state index contributed by atoms with van der Waals surface area (Å²) in [5, 5.41) is 0. The van der Waals surface area contributed by atoms with Crippen molar-refractivity contribution in [2.75, 3.05) is 6.61 Å². The van der Waals surface area contributed by atoms with Gasteiger partial charge in [0.2, 0.25) is 0 Å². The summed E-state index contributed by atoms with van der Waals surface area (Å²) in [6.45, 7) is 5.01. The Morgan fingerprint density at radius 2 is 1.81 bits per heavy atom. The third-order valence-electron chi connectivity index (χ3n) is 5.24. The summed E-state index contributed by atoms with van der Waals surface area (Å²) in [6.07, 6.45) is 2.18. The number of ether oxygens (including phenoxy) is 1. The number of nitrogens with zero attached hydrogens (tertiary/aromatic N) is 4. The number of aromatic nitrogens is 4. The number of hydrogen-bond donors (Lipinski definition) is 0. The smallest absolute Gasteiger partial charge is 0.337 e. The van der Waals surface area contributed by atoms with Crippen LogP contribution in [0.25, 0.3) is 16.9 Å². The Hall–Kier alpha value is -3.68. The van der Waals surface area contributed by atoms with E-state index < -0.39 is 17.1 Å². The van der Waals surface area contributed by atoms with E-state index in [4.69, 9.17) is 4.74 Å². The van der Waals surface area contributed by atoms with E-state index in [0.29, 0.717) is 31.2 Å². The lowest BCUT2D eigenvalue weighted by Gasteiger charge is -2.14. The van der Waals surface area contributed by atoms with Crippen LogP contribution in [0, 0.1) is 11.7 Å². The summed E-state index contributed by atoms with van der Waals surface area (Å²) in [6, 6.07) is 15.1. The number of hydrogen-bond acceptors (Lipinski definition) is 4. The van der Waals surface area contributed by atoms with Crippen molar-refractivity contribution in [2.45, 2.75) is 33.4 Å². The monoisotopic (exact) mass is 436 g/mol. The van der Waals surface area contributed by atoms with Gasteiger partial charge in [0.25, 0.3) is 5.56 Å². The average Bonchev–Trinajstić information content (AvgIpc) is 3.18. The van der Waals surface area contributed by atoms with E-state index in [1.54, 1.807) is 10.6 Å². The Balaban J connectivity index is 1.80. The maximum atomic E-state index is 13.9. The minimum absolute atomic E-state index is 0.200. The van der Waals surface area contributed by atoms with Gasteiger partial charge in [-0.2, -0.15) is 0 Å². The number of fused-ring (bicyclic) bond motifs is 1. The van der Waals surface area contributed by atoms with E-state index in [1.807, 2.05) is 44.2 Å². The van der Waals surface area contributed by atoms with Crippen LogP contribution in [0.3, 0.4) is 0 Å². The highest BCUT2D eigenvalue weighted by atomic mass is 19.1. The van der Waals surface area contributed by atoms with Crippen molar-refractivity contribution in [3.8, 4) is 11.4 Å². The molecule has 2 aromatic heterocycles. The molecule has 0 unspecified atom stereocenters. The van der Waals surface area contributed by atoms with E-state index in [2.05, 4.69) is 4.98 Å². The normalized spacial score (nSPS) is 11.4. The third kappa shape index (κ3) is 4.34. The van der Waals surface area contributed by atoms with Gasteiger partial charge in [-0.3, -0.25) is 9.36 Å². The second-order valence-corrected chi connectivity index (χ2v) is 8.01. The number of rotatable bonds is 8. The van der Waals surface area contributed by atoms with E-state index in [0.717, 1.165) is 5.75 Å². The molecule has 0 bridgehead atoms. The van der Waals surface area contributed by atoms with Crippen molar-refractivity contribution in [3.05, 3.63) is 87.6 Å². The standard InChI is InChI=1S/C24H25FN4O3/c1-17(2)11-12-28-23(30)21-22(29(24(28)31)19-8-6-7-18(25)15-19)26-16-27(21)13-14-32-20-9-4-3-5-10-20/h3-10,15-17H,11-14H2,1-2H3. The lowest BCUT2D eigenvalue weighted by Crippen LogP contribution is -2.40. The maximum absolute atomic E-state index is 13.9. The quantitative estimate of drug-likeness (QED) is 0.423. The average molecular weight is 436 g/mol. The highest BCUT2D eigenvalue weighted by Crippen LogP contribution is 2.15. The zero-order valence-electron chi connectivity index (χ0n) is 18.1. The molecule has 0 saturated heterocycles. The number of imidazole rings is 1. The van der Waals surface area contributed by atoms with Crippen molar-refractivity contribution in [1.29, 1.82) is 0 Å². The van der Waals surface area contributed by atoms with Crippen molar-refractivity contribution in [1.82, 2.24) is 18.7 Å². The first kappa shape index (κ1) is 21.5. The molecule has 0 radical (unpaired) electrons. The molecule has 166 valence electrons. The topological polar surface area (TPSA) is 71.0 Å². The zero-order valence-corrected chi connectivity index (χ0v) is 18.1. The molecule has 0 saturated carbocycles. The Morgan fingerprint density at radius 1 is 1.03 bits per heavy atom. The molecule has 0 aliphatic rings. The van der Waals surface area contributed by atoms with Crippen LogP contribution in [0.1, 0.15) is 20.3 Å². The molecular formula is C24H25FN4O3. The molecule has 0 aliphatic heterocycles. The molecule has 0 N–H and O–H groups in total. The van der Waals surface area contributed by atoms with Gasteiger partial charge in [0, 0.05) is 6.54 Å². The summed E-state index contributed by atoms with van der Waals surface area (Å²) in [5.41, 5.74) is -0.125. The van der Waals surface area contributed by atoms with Crippen LogP contribution in [-0.4, -0.2) is 25.3 Å². The molecule has 8 heteroatoms. The molecule has 32 heavy (non-hydrogen) atoms. The maximum Gasteiger partial charge on any atom is 0.337 e. The van der Waals surface area contributed by atoms with Crippen LogP contribution < -0.4 is 16.0 Å². The fraction of sp³-hybridized carbons (Fsp3) is 0.292. The van der Waals surface area contributed by atoms with Gasteiger partial charge in [-0.05, 0) is 42.7 Å². The summed E-state index contributed by atoms with van der Waals surface area (Å²) in [7, 11) is 0. The second kappa shape index (κ2) is 9.21. The summed E-state index contributed by atoms with van der Waals surface area (Å²) in [4.78, 5) is 30.9. The van der Waals surface area contributed by atoms with Gasteiger partial charge in [-0.25, -0.2) is 18.7 Å². The van der Waals surface area contributed by atoms with Gasteiger partial charge in [-0.1, -0.05) is 38.1 Å². The SMILES string of the molecule is CC(C)CCn1c(=O)c2c(ncn2CCOc2ccccc2)n(-c2cccc(F)c2)c1=O. The van der Waals surface area contributed by atoms with Gasteiger partial charge in [0.1, 0.15) is 18.2 Å². The van der Waals surface area contributed by atoms with Gasteiger partial charge >= 0.3 is 5.69 Å². The van der Waals surface area contributed by atoms with Crippen LogP contribution in [0.5, 0.6) is 5.75 Å². The molecule has 7 nitrogen and oxygen atoms in total. The molecule has 0 fully saturated rings. The first-order valence-electron chi connectivity index (χ1n) is 10.6. The molecular weight excluding hydrogens is 411 g/mol. The third-order valence-corrected chi connectivity index (χ3v) is 5.24. The minimum atomic E-state index is -0.528.